The van der Waals surface area contributed by atoms with Crippen molar-refractivity contribution in [1.29, 1.82) is 0 Å². The van der Waals surface area contributed by atoms with E-state index in [0.29, 0.717) is 16.5 Å². The van der Waals surface area contributed by atoms with E-state index < -0.39 is 12.2 Å². The van der Waals surface area contributed by atoms with E-state index in [1.165, 1.54) is 29.8 Å². The number of fused-ring (bicyclic) bond motifs is 3. The van der Waals surface area contributed by atoms with Crippen LogP contribution in [0.15, 0.2) is 66.7 Å². The molecule has 1 nitrogen and oxygen atoms in total. The van der Waals surface area contributed by atoms with Crippen molar-refractivity contribution in [2.24, 2.45) is 0 Å². The summed E-state index contributed by atoms with van der Waals surface area (Å²) >= 11 is 0. The fourth-order valence-electron chi connectivity index (χ4n) is 3.75. The molecule has 0 atom stereocenters. The van der Waals surface area contributed by atoms with E-state index in [1.54, 1.807) is 12.1 Å². The molecule has 4 aromatic carbocycles. The average Bonchev–Trinajstić information content (AvgIpc) is 2.72. The Labute approximate surface area is 171 Å². The van der Waals surface area contributed by atoms with Gasteiger partial charge in [-0.25, -0.2) is 4.39 Å². The first-order valence-electron chi connectivity index (χ1n) is 9.86. The van der Waals surface area contributed by atoms with Crippen molar-refractivity contribution in [2.45, 2.75) is 32.5 Å². The van der Waals surface area contributed by atoms with Gasteiger partial charge >= 0.3 is 6.36 Å². The first kappa shape index (κ1) is 20.2. The zero-order chi connectivity index (χ0) is 21.3. The monoisotopic (exact) mass is 412 g/mol. The van der Waals surface area contributed by atoms with Crippen LogP contribution in [0.4, 0.5) is 17.6 Å². The Morgan fingerprint density at radius 1 is 0.800 bits per heavy atom. The maximum Gasteiger partial charge on any atom is 0.573 e. The van der Waals surface area contributed by atoms with E-state index in [9.17, 15) is 13.2 Å². The Hall–Kier alpha value is -3.08. The number of hydrogen-bond acceptors (Lipinski definition) is 1. The number of alkyl halides is 3. The topological polar surface area (TPSA) is 9.23 Å². The number of hydrogen-bond donors (Lipinski definition) is 0. The summed E-state index contributed by atoms with van der Waals surface area (Å²) in [5, 5.41) is 3.34. The summed E-state index contributed by atoms with van der Waals surface area (Å²) in [5.74, 6) is -0.730. The van der Waals surface area contributed by atoms with Crippen LogP contribution in [-0.2, 0) is 6.42 Å². The second-order valence-electron chi connectivity index (χ2n) is 7.32. The summed E-state index contributed by atoms with van der Waals surface area (Å²) in [6.45, 7) is 2.16. The molecule has 4 aromatic rings. The molecule has 0 saturated heterocycles. The Kier molecular flexibility index (Phi) is 5.37. The third-order valence-corrected chi connectivity index (χ3v) is 5.23. The molecule has 0 saturated carbocycles. The first-order valence-corrected chi connectivity index (χ1v) is 9.86. The minimum absolute atomic E-state index is 0.333. The van der Waals surface area contributed by atoms with Crippen molar-refractivity contribution in [2.75, 3.05) is 0 Å². The predicted molar refractivity (Wildman–Crippen MR) is 112 cm³/mol. The summed E-state index contributed by atoms with van der Waals surface area (Å²) in [6, 6.07) is 18.7. The van der Waals surface area contributed by atoms with E-state index in [4.69, 9.17) is 0 Å². The lowest BCUT2D eigenvalue weighted by Gasteiger charge is -2.12. The standard InChI is InChI=1S/C25H20F4O/c1-2-3-4-16-5-11-20-18(15-16)8-12-23-22(20)14-13-21(24(23)26)17-6-9-19(10-7-17)30-25(27,28)29/h5-15H,2-4H2,1H3. The Morgan fingerprint density at radius 2 is 1.50 bits per heavy atom. The number of ether oxygens (including phenoxy) is 1. The fraction of sp³-hybridized carbons (Fsp3) is 0.200. The molecule has 0 aromatic heterocycles. The number of rotatable bonds is 5. The Balaban J connectivity index is 1.72. The average molecular weight is 412 g/mol. The molecular formula is C25H20F4O. The molecule has 0 aliphatic heterocycles. The summed E-state index contributed by atoms with van der Waals surface area (Å²) < 4.78 is 56.2. The summed E-state index contributed by atoms with van der Waals surface area (Å²) in [5.41, 5.74) is 2.08. The van der Waals surface area contributed by atoms with Crippen LogP contribution < -0.4 is 4.74 Å². The Morgan fingerprint density at radius 3 is 2.20 bits per heavy atom. The molecule has 4 rings (SSSR count). The maximum atomic E-state index is 15.3. The minimum Gasteiger partial charge on any atom is -0.406 e. The third-order valence-electron chi connectivity index (χ3n) is 5.23. The summed E-state index contributed by atoms with van der Waals surface area (Å²) in [7, 11) is 0. The van der Waals surface area contributed by atoms with Gasteiger partial charge in [-0.1, -0.05) is 67.9 Å². The maximum absolute atomic E-state index is 15.3. The second-order valence-corrected chi connectivity index (χ2v) is 7.32. The molecule has 0 aliphatic rings. The van der Waals surface area contributed by atoms with Gasteiger partial charge in [0, 0.05) is 10.9 Å². The molecule has 5 heteroatoms. The van der Waals surface area contributed by atoms with Crippen molar-refractivity contribution in [1.82, 2.24) is 0 Å². The molecule has 0 amide bonds. The number of halogens is 4. The number of benzene rings is 4. The molecule has 0 heterocycles. The van der Waals surface area contributed by atoms with Gasteiger partial charge in [0.15, 0.2) is 0 Å². The summed E-state index contributed by atoms with van der Waals surface area (Å²) in [6.07, 6.45) is -1.48. The third kappa shape index (κ3) is 4.11. The minimum atomic E-state index is -4.76. The highest BCUT2D eigenvalue weighted by Crippen LogP contribution is 2.34. The van der Waals surface area contributed by atoms with Crippen molar-refractivity contribution < 1.29 is 22.3 Å². The molecule has 0 N–H and O–H groups in total. The lowest BCUT2D eigenvalue weighted by atomic mass is 9.95. The van der Waals surface area contributed by atoms with Gasteiger partial charge in [0.25, 0.3) is 0 Å². The zero-order valence-electron chi connectivity index (χ0n) is 16.4. The normalized spacial score (nSPS) is 11.9. The molecular weight excluding hydrogens is 392 g/mol. The highest BCUT2D eigenvalue weighted by atomic mass is 19.4. The van der Waals surface area contributed by atoms with E-state index in [0.717, 1.165) is 35.4 Å². The number of unbranched alkanes of at least 4 members (excludes halogenated alkanes) is 1. The number of aryl methyl sites for hydroxylation is 1. The van der Waals surface area contributed by atoms with Gasteiger partial charge in [-0.05, 0) is 52.3 Å². The highest BCUT2D eigenvalue weighted by Gasteiger charge is 2.31. The first-order chi connectivity index (χ1) is 14.4. The molecule has 154 valence electrons. The van der Waals surface area contributed by atoms with Gasteiger partial charge in [0.05, 0.1) is 0 Å². The highest BCUT2D eigenvalue weighted by molar-refractivity contribution is 6.08. The SMILES string of the molecule is CCCCc1ccc2c(ccc3c(F)c(-c4ccc(OC(F)(F)F)cc4)ccc32)c1. The molecule has 30 heavy (non-hydrogen) atoms. The molecule has 0 aliphatic carbocycles. The largest absolute Gasteiger partial charge is 0.573 e. The molecule has 0 fully saturated rings. The molecule has 0 radical (unpaired) electrons. The van der Waals surface area contributed by atoms with E-state index >= 15 is 4.39 Å². The van der Waals surface area contributed by atoms with Crippen LogP contribution in [0.1, 0.15) is 25.3 Å². The van der Waals surface area contributed by atoms with Gasteiger partial charge in [0.1, 0.15) is 11.6 Å². The van der Waals surface area contributed by atoms with Crippen molar-refractivity contribution in [3.63, 3.8) is 0 Å². The van der Waals surface area contributed by atoms with E-state index in [2.05, 4.69) is 23.8 Å². The van der Waals surface area contributed by atoms with Crippen LogP contribution >= 0.6 is 0 Å². The lowest BCUT2D eigenvalue weighted by Crippen LogP contribution is -2.16. The van der Waals surface area contributed by atoms with Crippen LogP contribution in [-0.4, -0.2) is 6.36 Å². The van der Waals surface area contributed by atoms with Gasteiger partial charge in [-0.15, -0.1) is 13.2 Å². The Bertz CT molecular complexity index is 1190. The van der Waals surface area contributed by atoms with Gasteiger partial charge < -0.3 is 4.74 Å². The quantitative estimate of drug-likeness (QED) is 0.238. The molecule has 0 bridgehead atoms. The van der Waals surface area contributed by atoms with Crippen molar-refractivity contribution in [3.8, 4) is 16.9 Å². The molecule has 0 spiro atoms. The smallest absolute Gasteiger partial charge is 0.406 e. The molecule has 0 unspecified atom stereocenters. The van der Waals surface area contributed by atoms with Crippen molar-refractivity contribution >= 4 is 21.5 Å². The predicted octanol–water partition coefficient (Wildman–Crippen LogP) is 8.04. The summed E-state index contributed by atoms with van der Waals surface area (Å²) in [4.78, 5) is 0. The van der Waals surface area contributed by atoms with E-state index in [1.807, 2.05) is 18.2 Å². The van der Waals surface area contributed by atoms with Crippen LogP contribution in [0.2, 0.25) is 0 Å². The van der Waals surface area contributed by atoms with Gasteiger partial charge in [-0.3, -0.25) is 0 Å². The fourth-order valence-corrected chi connectivity index (χ4v) is 3.75. The second kappa shape index (κ2) is 7.98. The van der Waals surface area contributed by atoms with Crippen LogP contribution in [0.3, 0.4) is 0 Å². The van der Waals surface area contributed by atoms with Crippen LogP contribution in [0, 0.1) is 5.82 Å². The van der Waals surface area contributed by atoms with Crippen LogP contribution in [0.25, 0.3) is 32.7 Å². The lowest BCUT2D eigenvalue weighted by molar-refractivity contribution is -0.274. The van der Waals surface area contributed by atoms with Crippen molar-refractivity contribution in [3.05, 3.63) is 78.1 Å². The van der Waals surface area contributed by atoms with Gasteiger partial charge in [-0.2, -0.15) is 0 Å². The van der Waals surface area contributed by atoms with E-state index in [-0.39, 0.29) is 5.75 Å². The zero-order valence-corrected chi connectivity index (χ0v) is 16.4. The van der Waals surface area contributed by atoms with Gasteiger partial charge in [0.2, 0.25) is 0 Å². The van der Waals surface area contributed by atoms with Crippen LogP contribution in [0.5, 0.6) is 5.75 Å².